The van der Waals surface area contributed by atoms with Crippen molar-refractivity contribution in [2.24, 2.45) is 5.92 Å². The third-order valence-corrected chi connectivity index (χ3v) is 4.26. The van der Waals surface area contributed by atoms with E-state index in [0.717, 1.165) is 32.4 Å². The fourth-order valence-corrected chi connectivity index (χ4v) is 3.02. The van der Waals surface area contributed by atoms with Crippen molar-refractivity contribution in [1.29, 1.82) is 0 Å². The Bertz CT molecular complexity index is 362. The maximum absolute atomic E-state index is 12.5. The van der Waals surface area contributed by atoms with Gasteiger partial charge in [-0.2, -0.15) is 0 Å². The zero-order valence-corrected chi connectivity index (χ0v) is 14.2. The molecule has 1 atom stereocenters. The molecule has 0 aliphatic carbocycles. The first-order valence-corrected chi connectivity index (χ1v) is 8.01. The summed E-state index contributed by atoms with van der Waals surface area (Å²) >= 11 is 0. The van der Waals surface area contributed by atoms with Crippen molar-refractivity contribution in [3.8, 4) is 0 Å². The molecule has 0 radical (unpaired) electrons. The molecule has 0 saturated carbocycles. The second-order valence-corrected chi connectivity index (χ2v) is 5.82. The Labute approximate surface area is 138 Å². The zero-order valence-electron chi connectivity index (χ0n) is 13.4. The van der Waals surface area contributed by atoms with Gasteiger partial charge in [0.15, 0.2) is 0 Å². The van der Waals surface area contributed by atoms with Crippen molar-refractivity contribution >= 4 is 24.2 Å². The maximum atomic E-state index is 12.5. The third-order valence-electron chi connectivity index (χ3n) is 4.26. The number of likely N-dealkylation sites (tertiary alicyclic amines) is 1. The van der Waals surface area contributed by atoms with Gasteiger partial charge in [0, 0.05) is 32.6 Å². The minimum absolute atomic E-state index is 0. The summed E-state index contributed by atoms with van der Waals surface area (Å²) in [6.45, 7) is 4.88. The molecule has 0 aromatic carbocycles. The smallest absolute Gasteiger partial charge is 0.227 e. The standard InChI is InChI=1S/C15H27N3O3.ClH/c1-16-6-2-5-14(19)18-7-3-4-13(12-18)15(20)17-8-10-21-11-9-17;/h13,16H,2-12H2,1H3;1H. The van der Waals surface area contributed by atoms with E-state index >= 15 is 0 Å². The lowest BCUT2D eigenvalue weighted by atomic mass is 9.96. The Morgan fingerprint density at radius 3 is 2.59 bits per heavy atom. The van der Waals surface area contributed by atoms with Crippen molar-refractivity contribution in [3.05, 3.63) is 0 Å². The van der Waals surface area contributed by atoms with Gasteiger partial charge in [-0.05, 0) is 32.9 Å². The summed E-state index contributed by atoms with van der Waals surface area (Å²) in [6, 6.07) is 0. The van der Waals surface area contributed by atoms with E-state index in [4.69, 9.17) is 4.74 Å². The van der Waals surface area contributed by atoms with E-state index in [1.54, 1.807) is 0 Å². The Balaban J connectivity index is 0.00000242. The molecule has 2 rings (SSSR count). The quantitative estimate of drug-likeness (QED) is 0.745. The van der Waals surface area contributed by atoms with Gasteiger partial charge < -0.3 is 19.9 Å². The van der Waals surface area contributed by atoms with Crippen LogP contribution in [-0.2, 0) is 14.3 Å². The number of hydrogen-bond acceptors (Lipinski definition) is 4. The summed E-state index contributed by atoms with van der Waals surface area (Å²) in [6.07, 6.45) is 3.25. The number of nitrogens with one attached hydrogen (secondary N) is 1. The van der Waals surface area contributed by atoms with Crippen molar-refractivity contribution in [3.63, 3.8) is 0 Å². The number of amides is 2. The van der Waals surface area contributed by atoms with Gasteiger partial charge in [-0.1, -0.05) is 0 Å². The Morgan fingerprint density at radius 2 is 1.91 bits per heavy atom. The summed E-state index contributed by atoms with van der Waals surface area (Å²) < 4.78 is 5.29. The fourth-order valence-electron chi connectivity index (χ4n) is 3.02. The number of morpholine rings is 1. The number of halogens is 1. The average molecular weight is 334 g/mol. The fraction of sp³-hybridized carbons (Fsp3) is 0.867. The van der Waals surface area contributed by atoms with Crippen molar-refractivity contribution in [2.75, 3.05) is 53.0 Å². The van der Waals surface area contributed by atoms with Crippen LogP contribution in [0.3, 0.4) is 0 Å². The lowest BCUT2D eigenvalue weighted by molar-refractivity contribution is -0.144. The molecule has 2 amide bonds. The van der Waals surface area contributed by atoms with Crippen LogP contribution in [0.25, 0.3) is 0 Å². The average Bonchev–Trinajstić information content (AvgIpc) is 2.55. The molecule has 2 fully saturated rings. The first-order chi connectivity index (χ1) is 10.2. The summed E-state index contributed by atoms with van der Waals surface area (Å²) in [5, 5.41) is 3.05. The molecule has 1 N–H and O–H groups in total. The molecule has 6 nitrogen and oxygen atoms in total. The molecule has 2 saturated heterocycles. The molecule has 0 spiro atoms. The van der Waals surface area contributed by atoms with E-state index in [1.165, 1.54) is 0 Å². The van der Waals surface area contributed by atoms with E-state index < -0.39 is 0 Å². The van der Waals surface area contributed by atoms with Gasteiger partial charge in [0.2, 0.25) is 11.8 Å². The normalized spacial score (nSPS) is 22.1. The SMILES string of the molecule is CNCCCC(=O)N1CCCC(C(=O)N2CCOCC2)C1.Cl. The molecular weight excluding hydrogens is 306 g/mol. The number of rotatable bonds is 5. The minimum Gasteiger partial charge on any atom is -0.378 e. The highest BCUT2D eigenvalue weighted by Crippen LogP contribution is 2.20. The van der Waals surface area contributed by atoms with E-state index in [2.05, 4.69) is 5.32 Å². The number of piperidine rings is 1. The van der Waals surface area contributed by atoms with Crippen LogP contribution in [0.5, 0.6) is 0 Å². The topological polar surface area (TPSA) is 61.9 Å². The van der Waals surface area contributed by atoms with E-state index in [-0.39, 0.29) is 30.1 Å². The Kier molecular flexibility index (Phi) is 8.75. The highest BCUT2D eigenvalue weighted by atomic mass is 35.5. The highest BCUT2D eigenvalue weighted by molar-refractivity contribution is 5.85. The van der Waals surface area contributed by atoms with Crippen LogP contribution in [0.1, 0.15) is 25.7 Å². The van der Waals surface area contributed by atoms with Crippen molar-refractivity contribution < 1.29 is 14.3 Å². The molecule has 128 valence electrons. The Morgan fingerprint density at radius 1 is 1.18 bits per heavy atom. The number of carbonyl (C=O) groups excluding carboxylic acids is 2. The van der Waals surface area contributed by atoms with Crippen LogP contribution in [0, 0.1) is 5.92 Å². The molecule has 2 aliphatic rings. The predicted octanol–water partition coefficient (Wildman–Crippen LogP) is 0.505. The van der Waals surface area contributed by atoms with Crippen LogP contribution in [0.15, 0.2) is 0 Å². The lowest BCUT2D eigenvalue weighted by Crippen LogP contribution is -2.49. The molecule has 2 aliphatic heterocycles. The number of ether oxygens (including phenoxy) is 1. The molecular formula is C15H28ClN3O3. The van der Waals surface area contributed by atoms with Crippen molar-refractivity contribution in [1.82, 2.24) is 15.1 Å². The largest absolute Gasteiger partial charge is 0.378 e. The summed E-state index contributed by atoms with van der Waals surface area (Å²) in [4.78, 5) is 28.4. The Hall–Kier alpha value is -0.850. The summed E-state index contributed by atoms with van der Waals surface area (Å²) in [5.41, 5.74) is 0. The van der Waals surface area contributed by atoms with Crippen molar-refractivity contribution in [2.45, 2.75) is 25.7 Å². The maximum Gasteiger partial charge on any atom is 0.227 e. The second kappa shape index (κ2) is 10.0. The molecule has 0 aromatic heterocycles. The van der Waals surface area contributed by atoms with Crippen LogP contribution in [0.4, 0.5) is 0 Å². The van der Waals surface area contributed by atoms with Gasteiger partial charge in [0.1, 0.15) is 0 Å². The van der Waals surface area contributed by atoms with Gasteiger partial charge in [0.25, 0.3) is 0 Å². The highest BCUT2D eigenvalue weighted by Gasteiger charge is 2.31. The molecule has 1 unspecified atom stereocenters. The van der Waals surface area contributed by atoms with Gasteiger partial charge in [-0.15, -0.1) is 12.4 Å². The number of hydrogen-bond donors (Lipinski definition) is 1. The van der Waals surface area contributed by atoms with Crippen LogP contribution >= 0.6 is 12.4 Å². The summed E-state index contributed by atoms with van der Waals surface area (Å²) in [5.74, 6) is 0.362. The molecule has 7 heteroatoms. The molecule has 0 bridgehead atoms. The predicted molar refractivity (Wildman–Crippen MR) is 87.1 cm³/mol. The lowest BCUT2D eigenvalue weighted by Gasteiger charge is -2.36. The number of carbonyl (C=O) groups is 2. The monoisotopic (exact) mass is 333 g/mol. The molecule has 2 heterocycles. The molecule has 0 aromatic rings. The first kappa shape index (κ1) is 19.2. The summed E-state index contributed by atoms with van der Waals surface area (Å²) in [7, 11) is 1.89. The van der Waals surface area contributed by atoms with Gasteiger partial charge in [0.05, 0.1) is 19.1 Å². The first-order valence-electron chi connectivity index (χ1n) is 8.01. The van der Waals surface area contributed by atoms with E-state index in [9.17, 15) is 9.59 Å². The third kappa shape index (κ3) is 5.41. The second-order valence-electron chi connectivity index (χ2n) is 5.82. The van der Waals surface area contributed by atoms with Gasteiger partial charge in [-0.3, -0.25) is 9.59 Å². The van der Waals surface area contributed by atoms with Crippen LogP contribution in [0.2, 0.25) is 0 Å². The van der Waals surface area contributed by atoms with Crippen LogP contribution in [-0.4, -0.2) is 74.6 Å². The van der Waals surface area contributed by atoms with Gasteiger partial charge in [-0.25, -0.2) is 0 Å². The van der Waals surface area contributed by atoms with E-state index in [1.807, 2.05) is 16.8 Å². The molecule has 22 heavy (non-hydrogen) atoms. The van der Waals surface area contributed by atoms with Crippen LogP contribution < -0.4 is 5.32 Å². The van der Waals surface area contributed by atoms with Gasteiger partial charge >= 0.3 is 0 Å². The number of nitrogens with zero attached hydrogens (tertiary/aromatic N) is 2. The van der Waals surface area contributed by atoms with E-state index in [0.29, 0.717) is 39.3 Å². The zero-order chi connectivity index (χ0) is 15.1. The minimum atomic E-state index is -0.0231.